The summed E-state index contributed by atoms with van der Waals surface area (Å²) in [6, 6.07) is 13.9. The molecular weight excluding hydrogens is 402 g/mol. The zero-order valence-electron chi connectivity index (χ0n) is 14.9. The predicted octanol–water partition coefficient (Wildman–Crippen LogP) is 2.36. The van der Waals surface area contributed by atoms with Crippen molar-refractivity contribution in [2.45, 2.75) is 13.8 Å². The fourth-order valence-electron chi connectivity index (χ4n) is 2.21. The summed E-state index contributed by atoms with van der Waals surface area (Å²) in [7, 11) is 0. The number of phenols is 2. The average molecular weight is 420 g/mol. The van der Waals surface area contributed by atoms with E-state index in [-0.39, 0.29) is 31.0 Å². The van der Waals surface area contributed by atoms with Crippen LogP contribution in [0.1, 0.15) is 25.0 Å². The predicted molar refractivity (Wildman–Crippen MR) is 95.6 cm³/mol. The quantitative estimate of drug-likeness (QED) is 0.440. The Kier molecular flexibility index (Phi) is 6.79. The number of benzene rings is 2. The molecule has 2 aromatic rings. The van der Waals surface area contributed by atoms with Crippen LogP contribution in [0.15, 0.2) is 58.7 Å². The van der Waals surface area contributed by atoms with Crippen LogP contribution in [0.4, 0.5) is 0 Å². The van der Waals surface area contributed by atoms with E-state index in [1.54, 1.807) is 50.2 Å². The van der Waals surface area contributed by atoms with E-state index in [9.17, 15) is 10.2 Å². The second-order valence-corrected chi connectivity index (χ2v) is 5.38. The summed E-state index contributed by atoms with van der Waals surface area (Å²) < 4.78 is 10.4. The molecule has 4 N–H and O–H groups in total. The molecule has 0 spiro atoms. The first kappa shape index (κ1) is 20.3. The zero-order valence-corrected chi connectivity index (χ0v) is 17.9. The van der Waals surface area contributed by atoms with E-state index in [2.05, 4.69) is 21.1 Å². The first-order valence-electron chi connectivity index (χ1n) is 7.81. The molecule has 0 atom stereocenters. The standard InChI is InChI=1S/2C9H9N2O2.Zn/c2*1-6-10-11-9(13-6)7-4-2-3-5-8(7)12;/h2*2-5,11-12H,1H3;/q2*-1;+2. The fraction of sp³-hybridized carbons (Fsp3) is 0.111. The molecule has 2 aliphatic heterocycles. The summed E-state index contributed by atoms with van der Waals surface area (Å²) in [4.78, 5) is 0. The van der Waals surface area contributed by atoms with Gasteiger partial charge < -0.3 is 19.7 Å². The Bertz CT molecular complexity index is 774. The normalized spacial score (nSPS) is 14.3. The molecule has 27 heavy (non-hydrogen) atoms. The van der Waals surface area contributed by atoms with Gasteiger partial charge in [0.15, 0.2) is 11.8 Å². The molecule has 4 rings (SSSR count). The van der Waals surface area contributed by atoms with Gasteiger partial charge in [-0.15, -0.1) is 12.1 Å². The smallest absolute Gasteiger partial charge is 0.565 e. The molecule has 8 nitrogen and oxygen atoms in total. The topological polar surface area (TPSA) is 108 Å². The fourth-order valence-corrected chi connectivity index (χ4v) is 2.21. The van der Waals surface area contributed by atoms with Gasteiger partial charge in [-0.05, 0) is 0 Å². The van der Waals surface area contributed by atoms with Crippen LogP contribution in [0.2, 0.25) is 0 Å². The maximum atomic E-state index is 9.47. The van der Waals surface area contributed by atoms with E-state index in [0.29, 0.717) is 35.4 Å². The van der Waals surface area contributed by atoms with Crippen molar-refractivity contribution in [1.82, 2.24) is 10.9 Å². The Labute approximate surface area is 169 Å². The number of rotatable bonds is 2. The van der Waals surface area contributed by atoms with Crippen molar-refractivity contribution >= 4 is 11.8 Å². The van der Waals surface area contributed by atoms with Crippen LogP contribution in [0, 0.1) is 12.5 Å². The number of aromatic hydroxyl groups is 2. The molecule has 9 heteroatoms. The maximum absolute atomic E-state index is 9.47. The maximum Gasteiger partial charge on any atom is 2.00 e. The Morgan fingerprint density at radius 1 is 0.741 bits per heavy atom. The van der Waals surface area contributed by atoms with Gasteiger partial charge in [0, 0.05) is 25.3 Å². The van der Waals surface area contributed by atoms with Crippen molar-refractivity contribution in [1.29, 1.82) is 0 Å². The van der Waals surface area contributed by atoms with E-state index < -0.39 is 0 Å². The number of nitrogens with one attached hydrogen (secondary N) is 2. The molecule has 0 fully saturated rings. The van der Waals surface area contributed by atoms with Crippen molar-refractivity contribution < 1.29 is 39.2 Å². The zero-order chi connectivity index (χ0) is 18.5. The van der Waals surface area contributed by atoms with Gasteiger partial charge in [0.1, 0.15) is 12.5 Å². The van der Waals surface area contributed by atoms with Crippen molar-refractivity contribution in [2.75, 3.05) is 0 Å². The van der Waals surface area contributed by atoms with Gasteiger partial charge >= 0.3 is 19.5 Å². The van der Waals surface area contributed by atoms with E-state index >= 15 is 0 Å². The Hall–Kier alpha value is -3.06. The van der Waals surface area contributed by atoms with Crippen molar-refractivity contribution in [3.05, 3.63) is 72.1 Å². The molecule has 0 amide bonds. The molecule has 0 radical (unpaired) electrons. The Morgan fingerprint density at radius 2 is 1.11 bits per heavy atom. The Morgan fingerprint density at radius 3 is 1.41 bits per heavy atom. The molecule has 0 aromatic heterocycles. The molecule has 0 saturated carbocycles. The van der Waals surface area contributed by atoms with Gasteiger partial charge in [-0.2, -0.15) is 22.3 Å². The van der Waals surface area contributed by atoms with Crippen LogP contribution in [-0.4, -0.2) is 22.0 Å². The number of hydrogen-bond acceptors (Lipinski definition) is 8. The molecule has 0 bridgehead atoms. The molecular formula is C18H18N4O4Zn. The SMILES string of the molecule is CC1=NN[C-](c2ccccc2O)O1.CC1=NN[C-](c2ccccc2O)O1.[Zn+2]. The van der Waals surface area contributed by atoms with Gasteiger partial charge in [-0.25, -0.2) is 0 Å². The third-order valence-corrected chi connectivity index (χ3v) is 3.43. The van der Waals surface area contributed by atoms with Gasteiger partial charge in [0.05, 0.1) is 0 Å². The molecule has 2 aromatic carbocycles. The minimum Gasteiger partial charge on any atom is -0.565 e. The van der Waals surface area contributed by atoms with Crippen LogP contribution < -0.4 is 10.9 Å². The van der Waals surface area contributed by atoms with Crippen LogP contribution in [0.5, 0.6) is 11.5 Å². The van der Waals surface area contributed by atoms with E-state index in [1.807, 2.05) is 12.1 Å². The molecule has 2 aliphatic rings. The van der Waals surface area contributed by atoms with Crippen LogP contribution in [0.25, 0.3) is 0 Å². The summed E-state index contributed by atoms with van der Waals surface area (Å²) in [5.74, 6) is 1.43. The number of hydrogen-bond donors (Lipinski definition) is 4. The Balaban J connectivity index is 0.000000187. The summed E-state index contributed by atoms with van der Waals surface area (Å²) in [5, 5.41) is 26.6. The van der Waals surface area contributed by atoms with Crippen LogP contribution in [0.3, 0.4) is 0 Å². The number of phenolic OH excluding ortho intramolecular Hbond substituents is 2. The van der Waals surface area contributed by atoms with E-state index in [4.69, 9.17) is 9.47 Å². The third kappa shape index (κ3) is 4.98. The van der Waals surface area contributed by atoms with E-state index in [0.717, 1.165) is 0 Å². The molecule has 0 aliphatic carbocycles. The minimum absolute atomic E-state index is 0. The molecule has 0 saturated heterocycles. The first-order chi connectivity index (χ1) is 12.5. The monoisotopic (exact) mass is 418 g/mol. The van der Waals surface area contributed by atoms with Gasteiger partial charge in [-0.1, -0.05) is 35.4 Å². The number of hydrazone groups is 2. The summed E-state index contributed by atoms with van der Waals surface area (Å²) in [6.45, 7) is 3.47. The second-order valence-electron chi connectivity index (χ2n) is 5.38. The van der Waals surface area contributed by atoms with Gasteiger partial charge in [-0.3, -0.25) is 10.9 Å². The van der Waals surface area contributed by atoms with Gasteiger partial charge in [0.25, 0.3) is 0 Å². The number of para-hydroxylation sites is 2. The summed E-state index contributed by atoms with van der Waals surface area (Å²) >= 11 is 0. The largest absolute Gasteiger partial charge is 2.00 e. The molecule has 136 valence electrons. The number of ether oxygens (including phenoxy) is 2. The summed E-state index contributed by atoms with van der Waals surface area (Å²) in [5.41, 5.74) is 6.60. The van der Waals surface area contributed by atoms with Crippen molar-refractivity contribution in [2.24, 2.45) is 10.2 Å². The van der Waals surface area contributed by atoms with Crippen LogP contribution >= 0.6 is 0 Å². The second kappa shape index (κ2) is 9.05. The molecule has 0 unspecified atom stereocenters. The van der Waals surface area contributed by atoms with Gasteiger partial charge in [0.2, 0.25) is 0 Å². The number of nitrogens with zero attached hydrogens (tertiary/aromatic N) is 2. The third-order valence-electron chi connectivity index (χ3n) is 3.43. The minimum atomic E-state index is 0. The average Bonchev–Trinajstić information content (AvgIpc) is 3.25. The van der Waals surface area contributed by atoms with Crippen LogP contribution in [-0.2, 0) is 29.0 Å². The molecule has 2 heterocycles. The van der Waals surface area contributed by atoms with Crippen molar-refractivity contribution in [3.8, 4) is 11.5 Å². The first-order valence-corrected chi connectivity index (χ1v) is 7.81. The summed E-state index contributed by atoms with van der Waals surface area (Å²) in [6.07, 6.45) is 0.936. The van der Waals surface area contributed by atoms with Crippen molar-refractivity contribution in [3.63, 3.8) is 0 Å². The van der Waals surface area contributed by atoms with E-state index in [1.165, 1.54) is 0 Å².